The summed E-state index contributed by atoms with van der Waals surface area (Å²) < 4.78 is 58.9. The molecule has 5 rings (SSSR count). The average molecular weight is 607 g/mol. The van der Waals surface area contributed by atoms with Gasteiger partial charge in [0.15, 0.2) is 10.1 Å². The molecule has 0 radical (unpaired) electrons. The summed E-state index contributed by atoms with van der Waals surface area (Å²) in [6.45, 7) is 0. The van der Waals surface area contributed by atoms with Crippen LogP contribution in [0.1, 0.15) is 10.4 Å². The summed E-state index contributed by atoms with van der Waals surface area (Å²) in [4.78, 5) is 13.9. The predicted octanol–water partition coefficient (Wildman–Crippen LogP) is 6.58. The van der Waals surface area contributed by atoms with Gasteiger partial charge in [0.05, 0.1) is 0 Å². The molecule has 9 heteroatoms. The van der Waals surface area contributed by atoms with Gasteiger partial charge < -0.3 is 4.55 Å². The van der Waals surface area contributed by atoms with Crippen LogP contribution in [0.15, 0.2) is 146 Å². The van der Waals surface area contributed by atoms with Crippen molar-refractivity contribution >= 4 is 39.1 Å². The Morgan fingerprint density at radius 2 is 0.881 bits per heavy atom. The molecule has 0 saturated carbocycles. The highest BCUT2D eigenvalue weighted by Crippen LogP contribution is 2.55. The van der Waals surface area contributed by atoms with Crippen molar-refractivity contribution in [3.05, 3.63) is 151 Å². The molecule has 0 fully saturated rings. The summed E-state index contributed by atoms with van der Waals surface area (Å²) in [6.07, 6.45) is 0.454. The van der Waals surface area contributed by atoms with Gasteiger partial charge in [0.1, 0.15) is 29.3 Å². The molecule has 0 spiro atoms. The van der Waals surface area contributed by atoms with Gasteiger partial charge in [-0.05, 0) is 47.5 Å². The van der Waals surface area contributed by atoms with Crippen LogP contribution in [0.3, 0.4) is 0 Å². The van der Waals surface area contributed by atoms with Crippen LogP contribution in [-0.2, 0) is 10.1 Å². The first kappa shape index (κ1) is 30.8. The molecule has 0 heterocycles. The Balaban J connectivity index is 0.000000446. The van der Waals surface area contributed by atoms with Crippen LogP contribution in [0, 0.1) is 0 Å². The molecule has 0 atom stereocenters. The van der Waals surface area contributed by atoms with Crippen molar-refractivity contribution in [3.8, 4) is 11.1 Å². The van der Waals surface area contributed by atoms with Crippen LogP contribution in [0.5, 0.6) is 0 Å². The molecule has 0 aromatic heterocycles. The van der Waals surface area contributed by atoms with Crippen molar-refractivity contribution in [1.29, 1.82) is 0 Å². The smallest absolute Gasteiger partial charge is 0.485 e. The van der Waals surface area contributed by atoms with E-state index in [4.69, 9.17) is 13.0 Å². The highest BCUT2D eigenvalue weighted by molar-refractivity contribution is 7.96. The zero-order valence-electron chi connectivity index (χ0n) is 22.2. The van der Waals surface area contributed by atoms with Crippen LogP contribution in [-0.4, -0.2) is 30.4 Å². The number of rotatable bonds is 7. The summed E-state index contributed by atoms with van der Waals surface area (Å²) in [5.74, 6) is 0.171. The van der Waals surface area contributed by atoms with Gasteiger partial charge >= 0.3 is 5.51 Å². The lowest BCUT2D eigenvalue weighted by Gasteiger charge is -2.27. The third kappa shape index (κ3) is 7.21. The Kier molecular flexibility index (Phi) is 9.74. The molecule has 214 valence electrons. The molecule has 5 aromatic rings. The van der Waals surface area contributed by atoms with Gasteiger partial charge in [-0.15, -0.1) is 0 Å². The largest absolute Gasteiger partial charge is 0.741 e. The van der Waals surface area contributed by atoms with E-state index >= 15 is 0 Å². The molecule has 4 nitrogen and oxygen atoms in total. The van der Waals surface area contributed by atoms with Crippen LogP contribution < -0.4 is 15.9 Å². The highest BCUT2D eigenvalue weighted by atomic mass is 32.2. The quantitative estimate of drug-likeness (QED) is 0.0908. The average Bonchev–Trinajstić information content (AvgIpc) is 3.01. The number of ketones is 1. The van der Waals surface area contributed by atoms with Crippen molar-refractivity contribution in [1.82, 2.24) is 0 Å². The molecule has 0 aliphatic rings. The Morgan fingerprint density at radius 1 is 0.571 bits per heavy atom. The van der Waals surface area contributed by atoms with Crippen molar-refractivity contribution < 1.29 is 30.9 Å². The molecule has 0 aliphatic heterocycles. The van der Waals surface area contributed by atoms with Gasteiger partial charge in [0.25, 0.3) is 0 Å². The van der Waals surface area contributed by atoms with Crippen LogP contribution >= 0.6 is 7.26 Å². The summed E-state index contributed by atoms with van der Waals surface area (Å²) >= 11 is 0. The van der Waals surface area contributed by atoms with E-state index in [0.717, 1.165) is 16.7 Å². The van der Waals surface area contributed by atoms with Crippen molar-refractivity contribution in [3.63, 3.8) is 0 Å². The molecule has 5 aromatic carbocycles. The number of Topliss-reactive ketones (excluding diaryl/α,β-unsaturated/α-hetero) is 1. The maximum absolute atomic E-state index is 13.9. The summed E-state index contributed by atoms with van der Waals surface area (Å²) in [6, 6.07) is 50.0. The van der Waals surface area contributed by atoms with Crippen molar-refractivity contribution in [2.24, 2.45) is 0 Å². The number of hydrogen-bond donors (Lipinski definition) is 0. The molecule has 0 aliphatic carbocycles. The first-order chi connectivity index (χ1) is 20.0. The summed E-state index contributed by atoms with van der Waals surface area (Å²) in [5, 5.41) is 3.67. The fourth-order valence-electron chi connectivity index (χ4n) is 4.55. The second kappa shape index (κ2) is 13.3. The van der Waals surface area contributed by atoms with Crippen molar-refractivity contribution in [2.45, 2.75) is 5.51 Å². The minimum Gasteiger partial charge on any atom is -0.741 e. The van der Waals surface area contributed by atoms with E-state index in [1.54, 1.807) is 0 Å². The lowest BCUT2D eigenvalue weighted by molar-refractivity contribution is -0.0517. The van der Waals surface area contributed by atoms with E-state index in [0.29, 0.717) is 6.16 Å². The molecular weight excluding hydrogens is 580 g/mol. The van der Waals surface area contributed by atoms with E-state index in [9.17, 15) is 18.0 Å². The van der Waals surface area contributed by atoms with Crippen LogP contribution in [0.2, 0.25) is 0 Å². The first-order valence-electron chi connectivity index (χ1n) is 12.8. The van der Waals surface area contributed by atoms with Gasteiger partial charge in [0, 0.05) is 5.56 Å². The standard InChI is InChI=1S/C32H26OP.CHF3O3S/c33-32(28-23-21-27(22-24-28)26-13-5-1-6-14-26)25-34(29-15-7-2-8-16-29,30-17-9-3-10-18-30)31-19-11-4-12-20-31;2-1(3,4)8(5,6)7/h1-24H,25H2;(H,5,6,7)/q+1;/p-1. The van der Waals surface area contributed by atoms with E-state index in [1.807, 2.05) is 48.5 Å². The topological polar surface area (TPSA) is 74.3 Å². The Hall–Kier alpha value is -4.10. The van der Waals surface area contributed by atoms with Crippen LogP contribution in [0.25, 0.3) is 11.1 Å². The molecular formula is C33H26F3O4PS. The lowest BCUT2D eigenvalue weighted by Crippen LogP contribution is -2.35. The van der Waals surface area contributed by atoms with Gasteiger partial charge in [0.2, 0.25) is 5.78 Å². The van der Waals surface area contributed by atoms with E-state index in [-0.39, 0.29) is 5.78 Å². The number of carbonyl (C=O) groups is 1. The fourth-order valence-corrected chi connectivity index (χ4v) is 8.65. The van der Waals surface area contributed by atoms with Gasteiger partial charge in [-0.2, -0.15) is 13.2 Å². The Labute approximate surface area is 243 Å². The minimum atomic E-state index is -6.09. The van der Waals surface area contributed by atoms with E-state index in [1.165, 1.54) is 15.9 Å². The zero-order chi connectivity index (χ0) is 30.2. The fraction of sp³-hybridized carbons (Fsp3) is 0.0606. The Bertz CT molecular complexity index is 1600. The van der Waals surface area contributed by atoms with Gasteiger partial charge in [-0.3, -0.25) is 4.79 Å². The first-order valence-corrected chi connectivity index (χ1v) is 16.2. The van der Waals surface area contributed by atoms with E-state index < -0.39 is 22.9 Å². The highest BCUT2D eigenvalue weighted by Gasteiger charge is 2.47. The Morgan fingerprint density at radius 3 is 1.21 bits per heavy atom. The SMILES string of the molecule is O=C(C[P+](c1ccccc1)(c1ccccc1)c1ccccc1)c1ccc(-c2ccccc2)cc1.O=S(=O)([O-])C(F)(F)F. The number of halogens is 3. The molecule has 0 amide bonds. The molecule has 0 unspecified atom stereocenters. The number of alkyl halides is 3. The summed E-state index contributed by atoms with van der Waals surface area (Å²) in [7, 11) is -8.28. The van der Waals surface area contributed by atoms with Crippen LogP contribution in [0.4, 0.5) is 13.2 Å². The minimum absolute atomic E-state index is 0.171. The van der Waals surface area contributed by atoms with Crippen molar-refractivity contribution in [2.75, 3.05) is 6.16 Å². The predicted molar refractivity (Wildman–Crippen MR) is 162 cm³/mol. The summed E-state index contributed by atoms with van der Waals surface area (Å²) in [5.41, 5.74) is -2.62. The lowest BCUT2D eigenvalue weighted by atomic mass is 10.0. The molecule has 42 heavy (non-hydrogen) atoms. The normalized spacial score (nSPS) is 11.7. The second-order valence-electron chi connectivity index (χ2n) is 9.24. The molecule has 0 saturated heterocycles. The van der Waals surface area contributed by atoms with Gasteiger partial charge in [-0.25, -0.2) is 8.42 Å². The molecule has 0 N–H and O–H groups in total. The number of hydrogen-bond acceptors (Lipinski definition) is 4. The number of benzene rings is 5. The maximum atomic E-state index is 13.9. The second-order valence-corrected chi connectivity index (χ2v) is 14.1. The van der Waals surface area contributed by atoms with Gasteiger partial charge in [-0.1, -0.05) is 109 Å². The monoisotopic (exact) mass is 606 g/mol. The molecule has 0 bridgehead atoms. The third-order valence-corrected chi connectivity index (χ3v) is 11.4. The number of carbonyl (C=O) groups excluding carboxylic acids is 1. The maximum Gasteiger partial charge on any atom is 0.485 e. The zero-order valence-corrected chi connectivity index (χ0v) is 23.9. The third-order valence-electron chi connectivity index (χ3n) is 6.57. The van der Waals surface area contributed by atoms with E-state index in [2.05, 4.69) is 97.1 Å².